The van der Waals surface area contributed by atoms with Crippen molar-refractivity contribution in [2.45, 2.75) is 12.8 Å². The summed E-state index contributed by atoms with van der Waals surface area (Å²) in [4.78, 5) is 36.9. The van der Waals surface area contributed by atoms with Gasteiger partial charge in [0.15, 0.2) is 12.4 Å². The molecular weight excluding hydrogens is 352 g/mol. The van der Waals surface area contributed by atoms with Crippen LogP contribution in [0.2, 0.25) is 0 Å². The van der Waals surface area contributed by atoms with E-state index in [1.54, 1.807) is 36.4 Å². The number of amides is 2. The van der Waals surface area contributed by atoms with Crippen LogP contribution in [0.3, 0.4) is 0 Å². The van der Waals surface area contributed by atoms with Gasteiger partial charge in [0.2, 0.25) is 0 Å². The topological polar surface area (TPSA) is 109 Å². The Bertz CT molecular complexity index is 817. The molecule has 0 bridgehead atoms. The molecule has 1 aliphatic rings. The predicted molar refractivity (Wildman–Crippen MR) is 95.5 cm³/mol. The number of piperidine rings is 1. The molecule has 1 atom stereocenters. The lowest BCUT2D eigenvalue weighted by molar-refractivity contribution is -0.146. The summed E-state index contributed by atoms with van der Waals surface area (Å²) in [5.74, 6) is -1.44. The molecule has 1 saturated heterocycles. The smallest absolute Gasteiger partial charge is 0.308 e. The maximum absolute atomic E-state index is 12.3. The van der Waals surface area contributed by atoms with Gasteiger partial charge in [-0.05, 0) is 37.1 Å². The molecule has 1 aromatic carbocycles. The fourth-order valence-corrected chi connectivity index (χ4v) is 2.91. The number of rotatable bonds is 6. The minimum Gasteiger partial charge on any atom is -0.484 e. The van der Waals surface area contributed by atoms with E-state index in [1.807, 2.05) is 0 Å². The average Bonchev–Trinajstić information content (AvgIpc) is 3.21. The summed E-state index contributed by atoms with van der Waals surface area (Å²) < 4.78 is 10.6. The number of nitrogens with zero attached hydrogens (tertiary/aromatic N) is 1. The summed E-state index contributed by atoms with van der Waals surface area (Å²) in [5.41, 5.74) is 0.505. The van der Waals surface area contributed by atoms with Crippen LogP contribution in [0.4, 0.5) is 5.69 Å². The summed E-state index contributed by atoms with van der Waals surface area (Å²) in [7, 11) is 0. The Morgan fingerprint density at radius 3 is 2.85 bits per heavy atom. The van der Waals surface area contributed by atoms with Crippen LogP contribution >= 0.6 is 0 Å². The van der Waals surface area contributed by atoms with Gasteiger partial charge < -0.3 is 24.5 Å². The Hall–Kier alpha value is -3.29. The third-order valence-corrected chi connectivity index (χ3v) is 4.32. The minimum atomic E-state index is -0.881. The highest BCUT2D eigenvalue weighted by Gasteiger charge is 2.28. The van der Waals surface area contributed by atoms with Crippen LogP contribution in [0.15, 0.2) is 47.1 Å². The molecule has 8 nitrogen and oxygen atoms in total. The minimum absolute atomic E-state index is 0.189. The second kappa shape index (κ2) is 8.39. The zero-order valence-electron chi connectivity index (χ0n) is 14.6. The highest BCUT2D eigenvalue weighted by atomic mass is 16.5. The number of furan rings is 1. The van der Waals surface area contributed by atoms with E-state index in [2.05, 4.69) is 5.32 Å². The number of ether oxygens (including phenoxy) is 1. The molecular formula is C19H20N2O6. The highest BCUT2D eigenvalue weighted by molar-refractivity contribution is 6.02. The van der Waals surface area contributed by atoms with Gasteiger partial charge in [-0.1, -0.05) is 6.07 Å². The van der Waals surface area contributed by atoms with Crippen LogP contribution in [0.25, 0.3) is 0 Å². The molecule has 2 N–H and O–H groups in total. The van der Waals surface area contributed by atoms with Crippen molar-refractivity contribution >= 4 is 23.5 Å². The van der Waals surface area contributed by atoms with Gasteiger partial charge in [0, 0.05) is 24.8 Å². The fraction of sp³-hybridized carbons (Fsp3) is 0.316. The van der Waals surface area contributed by atoms with Crippen molar-refractivity contribution in [2.75, 3.05) is 25.0 Å². The van der Waals surface area contributed by atoms with E-state index in [0.717, 1.165) is 0 Å². The van der Waals surface area contributed by atoms with Crippen molar-refractivity contribution in [3.63, 3.8) is 0 Å². The van der Waals surface area contributed by atoms with Crippen LogP contribution in [0.1, 0.15) is 23.4 Å². The van der Waals surface area contributed by atoms with Crippen molar-refractivity contribution in [1.29, 1.82) is 0 Å². The van der Waals surface area contributed by atoms with Gasteiger partial charge in [-0.25, -0.2) is 0 Å². The summed E-state index contributed by atoms with van der Waals surface area (Å²) >= 11 is 0. The van der Waals surface area contributed by atoms with Crippen LogP contribution in [-0.2, 0) is 9.59 Å². The van der Waals surface area contributed by atoms with Crippen LogP contribution in [-0.4, -0.2) is 47.5 Å². The maximum atomic E-state index is 12.3. The van der Waals surface area contributed by atoms with Crippen molar-refractivity contribution < 1.29 is 28.6 Å². The Kier molecular flexibility index (Phi) is 5.75. The number of benzene rings is 1. The van der Waals surface area contributed by atoms with Crippen LogP contribution in [0, 0.1) is 5.92 Å². The summed E-state index contributed by atoms with van der Waals surface area (Å²) in [6, 6.07) is 9.83. The van der Waals surface area contributed by atoms with E-state index in [0.29, 0.717) is 30.8 Å². The Morgan fingerprint density at radius 2 is 2.11 bits per heavy atom. The van der Waals surface area contributed by atoms with Crippen molar-refractivity contribution in [2.24, 2.45) is 5.92 Å². The molecule has 142 valence electrons. The molecule has 27 heavy (non-hydrogen) atoms. The van der Waals surface area contributed by atoms with E-state index < -0.39 is 11.9 Å². The van der Waals surface area contributed by atoms with Crippen molar-refractivity contribution in [3.05, 3.63) is 48.4 Å². The lowest BCUT2D eigenvalue weighted by Crippen LogP contribution is -2.44. The molecule has 1 aliphatic heterocycles. The van der Waals surface area contributed by atoms with Gasteiger partial charge >= 0.3 is 5.97 Å². The van der Waals surface area contributed by atoms with Gasteiger partial charge in [0.05, 0.1) is 12.2 Å². The number of likely N-dealkylation sites (tertiary alicyclic amines) is 1. The molecule has 8 heteroatoms. The molecule has 0 unspecified atom stereocenters. The molecule has 2 aromatic rings. The lowest BCUT2D eigenvalue weighted by Gasteiger charge is -2.30. The zero-order valence-corrected chi connectivity index (χ0v) is 14.6. The Balaban J connectivity index is 1.54. The van der Waals surface area contributed by atoms with Crippen LogP contribution in [0.5, 0.6) is 5.75 Å². The number of hydrogen-bond acceptors (Lipinski definition) is 5. The second-order valence-electron chi connectivity index (χ2n) is 6.27. The normalized spacial score (nSPS) is 16.6. The molecule has 0 saturated carbocycles. The van der Waals surface area contributed by atoms with Gasteiger partial charge in [-0.3, -0.25) is 14.4 Å². The fourth-order valence-electron chi connectivity index (χ4n) is 2.91. The van der Waals surface area contributed by atoms with Crippen molar-refractivity contribution in [3.8, 4) is 5.75 Å². The van der Waals surface area contributed by atoms with Crippen molar-refractivity contribution in [1.82, 2.24) is 4.90 Å². The second-order valence-corrected chi connectivity index (χ2v) is 6.27. The first kappa shape index (κ1) is 18.5. The summed E-state index contributed by atoms with van der Waals surface area (Å²) in [5, 5.41) is 11.8. The number of carboxylic acids is 1. The SMILES string of the molecule is O=C(Nc1cccc(OCC(=O)N2CCC[C@H](C(=O)O)C2)c1)c1ccco1. The molecule has 0 aliphatic carbocycles. The monoisotopic (exact) mass is 372 g/mol. The lowest BCUT2D eigenvalue weighted by atomic mass is 9.98. The third-order valence-electron chi connectivity index (χ3n) is 4.32. The molecule has 2 amide bonds. The number of carboxylic acid groups (broad SMARTS) is 1. The number of carbonyl (C=O) groups is 3. The standard InChI is InChI=1S/C19H20N2O6/c22-17(21-8-2-4-13(11-21)19(24)25)12-27-15-6-1-5-14(10-15)20-18(23)16-7-3-9-26-16/h1,3,5-7,9-10,13H,2,4,8,11-12H2,(H,20,23)(H,24,25)/t13-/m0/s1. The first-order valence-corrected chi connectivity index (χ1v) is 8.61. The van der Waals surface area contributed by atoms with Crippen LogP contribution < -0.4 is 10.1 Å². The third kappa shape index (κ3) is 4.87. The average molecular weight is 372 g/mol. The summed E-state index contributed by atoms with van der Waals surface area (Å²) in [6.07, 6.45) is 2.66. The number of hydrogen-bond donors (Lipinski definition) is 2. The van der Waals surface area contributed by atoms with E-state index in [-0.39, 0.29) is 30.7 Å². The number of anilines is 1. The predicted octanol–water partition coefficient (Wildman–Crippen LogP) is 2.23. The van der Waals surface area contributed by atoms with Gasteiger partial charge in [-0.2, -0.15) is 0 Å². The maximum Gasteiger partial charge on any atom is 0.308 e. The van der Waals surface area contributed by atoms with Gasteiger partial charge in [-0.15, -0.1) is 0 Å². The zero-order chi connectivity index (χ0) is 19.2. The molecule has 1 aromatic heterocycles. The molecule has 3 rings (SSSR count). The Morgan fingerprint density at radius 1 is 1.26 bits per heavy atom. The summed E-state index contributed by atoms with van der Waals surface area (Å²) in [6.45, 7) is 0.546. The first-order valence-electron chi connectivity index (χ1n) is 8.61. The van der Waals surface area contributed by atoms with E-state index in [4.69, 9.17) is 14.3 Å². The quantitative estimate of drug-likeness (QED) is 0.805. The molecule has 0 spiro atoms. The largest absolute Gasteiger partial charge is 0.484 e. The van der Waals surface area contributed by atoms with E-state index in [9.17, 15) is 14.4 Å². The van der Waals surface area contributed by atoms with Gasteiger partial charge in [0.25, 0.3) is 11.8 Å². The first-order chi connectivity index (χ1) is 13.0. The molecule has 2 heterocycles. The van der Waals surface area contributed by atoms with Gasteiger partial charge in [0.1, 0.15) is 5.75 Å². The molecule has 0 radical (unpaired) electrons. The van der Waals surface area contributed by atoms with E-state index >= 15 is 0 Å². The van der Waals surface area contributed by atoms with E-state index in [1.165, 1.54) is 11.2 Å². The highest BCUT2D eigenvalue weighted by Crippen LogP contribution is 2.20. The number of carbonyl (C=O) groups excluding carboxylic acids is 2. The molecule has 1 fully saturated rings. The number of aliphatic carboxylic acids is 1. The number of nitrogens with one attached hydrogen (secondary N) is 1. The Labute approximate surface area is 155 Å².